The maximum atomic E-state index is 13.0. The fourth-order valence-corrected chi connectivity index (χ4v) is 2.94. The first kappa shape index (κ1) is 13.8. The van der Waals surface area contributed by atoms with E-state index in [2.05, 4.69) is 14.9 Å². The minimum Gasteiger partial charge on any atom is -0.353 e. The van der Waals surface area contributed by atoms with Crippen LogP contribution in [0.3, 0.4) is 0 Å². The molecule has 0 aromatic carbocycles. The molecule has 3 aliphatic rings. The smallest absolute Gasteiger partial charge is 0.260 e. The predicted molar refractivity (Wildman–Crippen MR) is 75.9 cm³/mol. The highest BCUT2D eigenvalue weighted by Crippen LogP contribution is 2.49. The molecular formula is C15H18F2N4O. The van der Waals surface area contributed by atoms with E-state index in [1.165, 1.54) is 0 Å². The van der Waals surface area contributed by atoms with E-state index in [1.807, 2.05) is 6.07 Å². The summed E-state index contributed by atoms with van der Waals surface area (Å²) in [5.74, 6) is -1.99. The van der Waals surface area contributed by atoms with Crippen LogP contribution in [0.4, 0.5) is 14.6 Å². The Hall–Kier alpha value is -1.79. The Morgan fingerprint density at radius 3 is 2.50 bits per heavy atom. The summed E-state index contributed by atoms with van der Waals surface area (Å²) in [6.45, 7) is 2.22. The van der Waals surface area contributed by atoms with Crippen LogP contribution in [0.5, 0.6) is 0 Å². The number of hydrogen-bond acceptors (Lipinski definition) is 4. The van der Waals surface area contributed by atoms with E-state index in [0.29, 0.717) is 32.1 Å². The second-order valence-corrected chi connectivity index (χ2v) is 6.38. The van der Waals surface area contributed by atoms with E-state index in [9.17, 15) is 13.6 Å². The van der Waals surface area contributed by atoms with Gasteiger partial charge in [0.1, 0.15) is 17.6 Å². The Labute approximate surface area is 127 Å². The number of alkyl halides is 2. The Kier molecular flexibility index (Phi) is 3.06. The highest BCUT2D eigenvalue weighted by Gasteiger charge is 2.62. The van der Waals surface area contributed by atoms with E-state index in [4.69, 9.17) is 0 Å². The molecule has 22 heavy (non-hydrogen) atoms. The zero-order valence-corrected chi connectivity index (χ0v) is 12.2. The lowest BCUT2D eigenvalue weighted by Gasteiger charge is -2.35. The van der Waals surface area contributed by atoms with Gasteiger partial charge in [-0.2, -0.15) is 0 Å². The van der Waals surface area contributed by atoms with Crippen molar-refractivity contribution in [2.45, 2.75) is 31.1 Å². The van der Waals surface area contributed by atoms with E-state index in [0.717, 1.165) is 24.5 Å². The number of carbonyl (C=O) groups excluding carboxylic acids is 1. The summed E-state index contributed by atoms with van der Waals surface area (Å²) in [5, 5.41) is 0. The van der Waals surface area contributed by atoms with Crippen molar-refractivity contribution in [1.29, 1.82) is 0 Å². The molecule has 1 amide bonds. The molecule has 1 unspecified atom stereocenters. The van der Waals surface area contributed by atoms with Crippen LogP contribution < -0.4 is 4.90 Å². The average Bonchev–Trinajstić information content (AvgIpc) is 3.44. The van der Waals surface area contributed by atoms with E-state index >= 15 is 0 Å². The van der Waals surface area contributed by atoms with Gasteiger partial charge in [0.15, 0.2) is 0 Å². The summed E-state index contributed by atoms with van der Waals surface area (Å²) in [7, 11) is 0. The van der Waals surface area contributed by atoms with Gasteiger partial charge in [0.05, 0.1) is 0 Å². The van der Waals surface area contributed by atoms with Gasteiger partial charge in [-0.15, -0.1) is 0 Å². The molecule has 0 bridgehead atoms. The van der Waals surface area contributed by atoms with Crippen molar-refractivity contribution >= 4 is 11.7 Å². The molecule has 2 heterocycles. The van der Waals surface area contributed by atoms with Crippen molar-refractivity contribution in [3.8, 4) is 0 Å². The highest BCUT2D eigenvalue weighted by atomic mass is 19.3. The molecule has 7 heteroatoms. The highest BCUT2D eigenvalue weighted by molar-refractivity contribution is 5.83. The molecule has 0 N–H and O–H groups in total. The van der Waals surface area contributed by atoms with Crippen molar-refractivity contribution in [3.05, 3.63) is 18.1 Å². The number of rotatable bonds is 3. The van der Waals surface area contributed by atoms with Crippen LogP contribution in [0.25, 0.3) is 0 Å². The average molecular weight is 308 g/mol. The van der Waals surface area contributed by atoms with Gasteiger partial charge in [-0.25, -0.2) is 18.7 Å². The van der Waals surface area contributed by atoms with Gasteiger partial charge in [-0.05, 0) is 18.9 Å². The molecule has 5 nitrogen and oxygen atoms in total. The summed E-state index contributed by atoms with van der Waals surface area (Å²) >= 11 is 0. The molecule has 0 spiro atoms. The molecule has 1 aliphatic heterocycles. The van der Waals surface area contributed by atoms with Crippen LogP contribution in [-0.4, -0.2) is 52.9 Å². The second-order valence-electron chi connectivity index (χ2n) is 6.38. The second kappa shape index (κ2) is 4.86. The largest absolute Gasteiger partial charge is 0.353 e. The maximum Gasteiger partial charge on any atom is 0.260 e. The van der Waals surface area contributed by atoms with E-state index in [-0.39, 0.29) is 6.42 Å². The monoisotopic (exact) mass is 308 g/mol. The number of carbonyl (C=O) groups is 1. The lowest BCUT2D eigenvalue weighted by atomic mass is 10.2. The molecular weight excluding hydrogens is 290 g/mol. The van der Waals surface area contributed by atoms with Crippen LogP contribution in [-0.2, 0) is 4.79 Å². The normalized spacial score (nSPS) is 26.9. The molecule has 1 atom stereocenters. The number of aromatic nitrogens is 2. The zero-order chi connectivity index (χ0) is 15.3. The third-order valence-electron chi connectivity index (χ3n) is 4.64. The van der Waals surface area contributed by atoms with Gasteiger partial charge >= 0.3 is 0 Å². The maximum absolute atomic E-state index is 13.0. The summed E-state index contributed by atoms with van der Waals surface area (Å²) in [6, 6.07) is 1.87. The van der Waals surface area contributed by atoms with Crippen molar-refractivity contribution in [2.75, 3.05) is 31.1 Å². The lowest BCUT2D eigenvalue weighted by Crippen LogP contribution is -2.50. The first-order chi connectivity index (χ1) is 10.5. The summed E-state index contributed by atoms with van der Waals surface area (Å²) < 4.78 is 26.0. The number of anilines is 1. The van der Waals surface area contributed by atoms with Gasteiger partial charge in [0.25, 0.3) is 5.92 Å². The van der Waals surface area contributed by atoms with Crippen molar-refractivity contribution < 1.29 is 13.6 Å². The van der Waals surface area contributed by atoms with Gasteiger partial charge in [-0.1, -0.05) is 0 Å². The summed E-state index contributed by atoms with van der Waals surface area (Å²) in [5.41, 5.74) is 0. The topological polar surface area (TPSA) is 49.3 Å². The molecule has 118 valence electrons. The van der Waals surface area contributed by atoms with Crippen molar-refractivity contribution in [2.24, 2.45) is 5.92 Å². The Morgan fingerprint density at radius 1 is 1.23 bits per heavy atom. The molecule has 2 aliphatic carbocycles. The molecule has 1 aromatic rings. The SMILES string of the molecule is O=C(C1CC1(F)F)N1CCN(c2ccnc(C3CC3)n2)CC1. The first-order valence-electron chi connectivity index (χ1n) is 7.79. The van der Waals surface area contributed by atoms with Crippen LogP contribution in [0, 0.1) is 5.92 Å². The Balaban J connectivity index is 1.37. The van der Waals surface area contributed by atoms with E-state index < -0.39 is 17.7 Å². The van der Waals surface area contributed by atoms with Crippen LogP contribution in [0.2, 0.25) is 0 Å². The minimum absolute atomic E-state index is 0.289. The fourth-order valence-electron chi connectivity index (χ4n) is 2.94. The summed E-state index contributed by atoms with van der Waals surface area (Å²) in [6.07, 6.45) is 3.80. The molecule has 0 radical (unpaired) electrons. The van der Waals surface area contributed by atoms with Gasteiger partial charge in [-0.3, -0.25) is 4.79 Å². The van der Waals surface area contributed by atoms with Crippen LogP contribution >= 0.6 is 0 Å². The van der Waals surface area contributed by atoms with Crippen LogP contribution in [0.1, 0.15) is 31.0 Å². The molecule has 1 saturated heterocycles. The molecule has 4 rings (SSSR count). The van der Waals surface area contributed by atoms with E-state index in [1.54, 1.807) is 11.1 Å². The number of piperazine rings is 1. The third-order valence-corrected chi connectivity index (χ3v) is 4.64. The number of amides is 1. The van der Waals surface area contributed by atoms with Gasteiger partial charge in [0, 0.05) is 44.7 Å². The number of hydrogen-bond donors (Lipinski definition) is 0. The van der Waals surface area contributed by atoms with Crippen molar-refractivity contribution in [1.82, 2.24) is 14.9 Å². The summed E-state index contributed by atoms with van der Waals surface area (Å²) in [4.78, 5) is 24.5. The van der Waals surface area contributed by atoms with Crippen LogP contribution in [0.15, 0.2) is 12.3 Å². The van der Waals surface area contributed by atoms with Gasteiger partial charge in [0.2, 0.25) is 5.91 Å². The quantitative estimate of drug-likeness (QED) is 0.852. The Bertz CT molecular complexity index is 597. The lowest BCUT2D eigenvalue weighted by molar-refractivity contribution is -0.135. The Morgan fingerprint density at radius 2 is 1.91 bits per heavy atom. The molecule has 3 fully saturated rings. The predicted octanol–water partition coefficient (Wildman–Crippen LogP) is 1.66. The first-order valence-corrected chi connectivity index (χ1v) is 7.79. The van der Waals surface area contributed by atoms with Crippen molar-refractivity contribution in [3.63, 3.8) is 0 Å². The standard InChI is InChI=1S/C15H18F2N4O/c16-15(17)9-11(15)14(22)21-7-5-20(6-8-21)12-3-4-18-13(19-12)10-1-2-10/h3-4,10-11H,1-2,5-9H2. The minimum atomic E-state index is -2.78. The number of halogens is 2. The van der Waals surface area contributed by atoms with Gasteiger partial charge < -0.3 is 9.80 Å². The molecule has 2 saturated carbocycles. The number of nitrogens with zero attached hydrogens (tertiary/aromatic N) is 4. The third kappa shape index (κ3) is 2.53. The molecule has 1 aromatic heterocycles. The zero-order valence-electron chi connectivity index (χ0n) is 12.2. The fraction of sp³-hybridized carbons (Fsp3) is 0.667.